The lowest BCUT2D eigenvalue weighted by Crippen LogP contribution is -3.06. The molecule has 2 aromatic heterocycles. The molecule has 0 radical (unpaired) electrons. The SMILES string of the molecule is COC(=O)c1ccc(C2/C(=C(\[O-])c3c(C)nc4ccccn34)C(=O)C(=O)N2CC[NH+](C)C)cc1. The van der Waals surface area contributed by atoms with E-state index < -0.39 is 29.5 Å². The molecule has 1 unspecified atom stereocenters. The number of carbonyl (C=O) groups excluding carboxylic acids is 3. The number of imidazole rings is 1. The predicted octanol–water partition coefficient (Wildman–Crippen LogP) is -0.202. The van der Waals surface area contributed by atoms with Crippen LogP contribution in [0, 0.1) is 6.92 Å². The Kier molecular flexibility index (Phi) is 6.21. The van der Waals surface area contributed by atoms with Gasteiger partial charge in [-0.2, -0.15) is 0 Å². The number of benzene rings is 1. The summed E-state index contributed by atoms with van der Waals surface area (Å²) in [6.07, 6.45) is 1.71. The van der Waals surface area contributed by atoms with Gasteiger partial charge in [0.2, 0.25) is 5.78 Å². The number of aromatic nitrogens is 2. The zero-order valence-corrected chi connectivity index (χ0v) is 19.5. The van der Waals surface area contributed by atoms with Gasteiger partial charge in [0.1, 0.15) is 5.65 Å². The Morgan fingerprint density at radius 2 is 1.85 bits per heavy atom. The van der Waals surface area contributed by atoms with Gasteiger partial charge in [0, 0.05) is 11.8 Å². The number of quaternary nitrogens is 1. The first-order valence-electron chi connectivity index (χ1n) is 10.9. The van der Waals surface area contributed by atoms with Crippen LogP contribution in [0.15, 0.2) is 54.2 Å². The van der Waals surface area contributed by atoms with E-state index in [4.69, 9.17) is 4.74 Å². The Morgan fingerprint density at radius 1 is 1.15 bits per heavy atom. The number of methoxy groups -OCH3 is 1. The molecule has 1 atom stereocenters. The van der Waals surface area contributed by atoms with Crippen LogP contribution in [-0.4, -0.2) is 66.2 Å². The number of likely N-dealkylation sites (tertiary alicyclic amines) is 1. The molecule has 1 aliphatic rings. The molecule has 0 spiro atoms. The predicted molar refractivity (Wildman–Crippen MR) is 122 cm³/mol. The van der Waals surface area contributed by atoms with Gasteiger partial charge in [-0.3, -0.25) is 9.59 Å². The molecule has 1 saturated heterocycles. The van der Waals surface area contributed by atoms with Crippen LogP contribution in [0.1, 0.15) is 33.4 Å². The number of fused-ring (bicyclic) bond motifs is 1. The lowest BCUT2D eigenvalue weighted by atomic mass is 9.95. The molecule has 0 aliphatic carbocycles. The number of likely N-dealkylation sites (N-methyl/N-ethyl adjacent to an activating group) is 1. The topological polar surface area (TPSA) is 108 Å². The van der Waals surface area contributed by atoms with Gasteiger partial charge in [0.05, 0.1) is 57.3 Å². The third kappa shape index (κ3) is 3.94. The Morgan fingerprint density at radius 3 is 2.50 bits per heavy atom. The summed E-state index contributed by atoms with van der Waals surface area (Å²) < 4.78 is 6.39. The van der Waals surface area contributed by atoms with Gasteiger partial charge in [-0.05, 0) is 36.8 Å². The van der Waals surface area contributed by atoms with Crippen LogP contribution in [0.3, 0.4) is 0 Å². The van der Waals surface area contributed by atoms with E-state index in [1.165, 1.54) is 12.0 Å². The first kappa shape index (κ1) is 23.2. The lowest BCUT2D eigenvalue weighted by Gasteiger charge is -2.27. The fourth-order valence-electron chi connectivity index (χ4n) is 4.23. The fraction of sp³-hybridized carbons (Fsp3) is 0.280. The molecular weight excluding hydrogens is 436 g/mol. The first-order valence-corrected chi connectivity index (χ1v) is 10.9. The van der Waals surface area contributed by atoms with Gasteiger partial charge < -0.3 is 24.0 Å². The van der Waals surface area contributed by atoms with E-state index >= 15 is 0 Å². The van der Waals surface area contributed by atoms with Crippen LogP contribution in [0.5, 0.6) is 0 Å². The molecule has 9 heteroatoms. The normalized spacial score (nSPS) is 17.7. The van der Waals surface area contributed by atoms with Crippen LogP contribution in [0.25, 0.3) is 11.4 Å². The average molecular weight is 463 g/mol. The molecule has 1 aliphatic heterocycles. The number of rotatable bonds is 6. The molecule has 9 nitrogen and oxygen atoms in total. The molecule has 1 fully saturated rings. The number of hydrogen-bond donors (Lipinski definition) is 1. The second kappa shape index (κ2) is 9.11. The Hall–Kier alpha value is -3.98. The maximum absolute atomic E-state index is 13.8. The fourth-order valence-corrected chi connectivity index (χ4v) is 4.23. The highest BCUT2D eigenvalue weighted by molar-refractivity contribution is 6.46. The second-order valence-electron chi connectivity index (χ2n) is 8.52. The molecule has 1 amide bonds. The summed E-state index contributed by atoms with van der Waals surface area (Å²) >= 11 is 0. The number of pyridine rings is 1. The van der Waals surface area contributed by atoms with E-state index in [9.17, 15) is 19.5 Å². The first-order chi connectivity index (χ1) is 16.2. The number of nitrogens with one attached hydrogen (secondary N) is 1. The monoisotopic (exact) mass is 462 g/mol. The van der Waals surface area contributed by atoms with Crippen molar-refractivity contribution in [3.8, 4) is 0 Å². The molecule has 3 aromatic rings. The minimum absolute atomic E-state index is 0.113. The van der Waals surface area contributed by atoms with E-state index in [1.807, 2.05) is 20.2 Å². The molecule has 1 N–H and O–H groups in total. The number of Topliss-reactive ketones (excluding diaryl/α,β-unsaturated/α-hetero) is 1. The van der Waals surface area contributed by atoms with Crippen molar-refractivity contribution in [2.24, 2.45) is 0 Å². The number of carbonyl (C=O) groups is 3. The number of hydrogen-bond acceptors (Lipinski definition) is 6. The molecule has 0 bridgehead atoms. The number of ketones is 1. The average Bonchev–Trinajstić information content (AvgIpc) is 3.29. The van der Waals surface area contributed by atoms with Gasteiger partial charge in [-0.1, -0.05) is 24.0 Å². The summed E-state index contributed by atoms with van der Waals surface area (Å²) in [5.74, 6) is -2.56. The second-order valence-corrected chi connectivity index (χ2v) is 8.52. The lowest BCUT2D eigenvalue weighted by molar-refractivity contribution is -0.857. The van der Waals surface area contributed by atoms with Crippen molar-refractivity contribution in [3.63, 3.8) is 0 Å². The number of amides is 1. The van der Waals surface area contributed by atoms with E-state index in [0.717, 1.165) is 4.90 Å². The van der Waals surface area contributed by atoms with E-state index in [0.29, 0.717) is 35.6 Å². The van der Waals surface area contributed by atoms with E-state index in [1.54, 1.807) is 53.9 Å². The maximum Gasteiger partial charge on any atom is 0.337 e. The Balaban J connectivity index is 1.89. The van der Waals surface area contributed by atoms with Crippen LogP contribution < -0.4 is 10.0 Å². The van der Waals surface area contributed by atoms with Crippen LogP contribution >= 0.6 is 0 Å². The van der Waals surface area contributed by atoms with Gasteiger partial charge in [0.25, 0.3) is 5.91 Å². The van der Waals surface area contributed by atoms with Crippen molar-refractivity contribution in [2.75, 3.05) is 34.3 Å². The van der Waals surface area contributed by atoms with E-state index in [-0.39, 0.29) is 11.3 Å². The van der Waals surface area contributed by atoms with Crippen molar-refractivity contribution in [2.45, 2.75) is 13.0 Å². The molecule has 3 heterocycles. The van der Waals surface area contributed by atoms with Gasteiger partial charge in [-0.25, -0.2) is 9.78 Å². The Labute approximate surface area is 196 Å². The van der Waals surface area contributed by atoms with Crippen molar-refractivity contribution < 1.29 is 29.1 Å². The largest absolute Gasteiger partial charge is 0.871 e. The summed E-state index contributed by atoms with van der Waals surface area (Å²) in [4.78, 5) is 45.1. The van der Waals surface area contributed by atoms with Crippen LogP contribution in [0.4, 0.5) is 0 Å². The Bertz CT molecular complexity index is 1310. The summed E-state index contributed by atoms with van der Waals surface area (Å²) in [5.41, 5.74) is 2.08. The van der Waals surface area contributed by atoms with Gasteiger partial charge in [0.15, 0.2) is 0 Å². The molecule has 0 saturated carbocycles. The number of nitrogens with zero attached hydrogens (tertiary/aromatic N) is 3. The van der Waals surface area contributed by atoms with Crippen LogP contribution in [0.2, 0.25) is 0 Å². The molecule has 34 heavy (non-hydrogen) atoms. The number of ether oxygens (including phenoxy) is 1. The number of esters is 1. The standard InChI is InChI=1S/C25H26N4O5/c1-15-20(28-12-6-5-7-18(28)26-15)22(30)19-21(16-8-10-17(11-9-16)25(33)34-4)29(14-13-27(2)3)24(32)23(19)31/h5-12,21,30H,13-14H2,1-4H3/b22-19+. The summed E-state index contributed by atoms with van der Waals surface area (Å²) in [7, 11) is 5.18. The van der Waals surface area contributed by atoms with Crippen molar-refractivity contribution in [1.29, 1.82) is 0 Å². The zero-order valence-electron chi connectivity index (χ0n) is 19.5. The third-order valence-electron chi connectivity index (χ3n) is 5.95. The minimum atomic E-state index is -0.868. The van der Waals surface area contributed by atoms with Crippen molar-refractivity contribution in [1.82, 2.24) is 14.3 Å². The smallest absolute Gasteiger partial charge is 0.337 e. The van der Waals surface area contributed by atoms with Gasteiger partial charge in [-0.15, -0.1) is 0 Å². The minimum Gasteiger partial charge on any atom is -0.871 e. The zero-order chi connectivity index (χ0) is 24.6. The third-order valence-corrected chi connectivity index (χ3v) is 5.95. The summed E-state index contributed by atoms with van der Waals surface area (Å²) in [6, 6.07) is 10.9. The summed E-state index contributed by atoms with van der Waals surface area (Å²) in [5, 5.41) is 13.8. The molecule has 1 aromatic carbocycles. The highest BCUT2D eigenvalue weighted by Gasteiger charge is 2.44. The number of aryl methyl sites for hydroxylation is 1. The molecule has 176 valence electrons. The highest BCUT2D eigenvalue weighted by Crippen LogP contribution is 2.39. The van der Waals surface area contributed by atoms with E-state index in [2.05, 4.69) is 4.98 Å². The summed E-state index contributed by atoms with van der Waals surface area (Å²) in [6.45, 7) is 2.58. The van der Waals surface area contributed by atoms with Crippen LogP contribution in [-0.2, 0) is 14.3 Å². The molecular formula is C25H26N4O5. The van der Waals surface area contributed by atoms with Crippen molar-refractivity contribution in [3.05, 3.63) is 76.7 Å². The molecule has 4 rings (SSSR count). The van der Waals surface area contributed by atoms with Crippen molar-refractivity contribution >= 4 is 29.1 Å². The highest BCUT2D eigenvalue weighted by atomic mass is 16.5. The quantitative estimate of drug-likeness (QED) is 0.235. The maximum atomic E-state index is 13.8. The van der Waals surface area contributed by atoms with Gasteiger partial charge >= 0.3 is 5.97 Å².